The highest BCUT2D eigenvalue weighted by atomic mass is 32.1. The van der Waals surface area contributed by atoms with Crippen LogP contribution in [0.1, 0.15) is 34.5 Å². The van der Waals surface area contributed by atoms with Gasteiger partial charge >= 0.3 is 12.3 Å². The summed E-state index contributed by atoms with van der Waals surface area (Å²) in [7, 11) is 0. The Hall–Kier alpha value is -1.22. The standard InChI is InChI=1S/C13H16F4N2O2S/c1-7-18-11-8(3-2-4-9(11)22-7)19-10(20)5-21-6-13(16,17)12(14)15/h8,12H,2-6H2,1H3,(H,19,20)/t8-/m1/s1. The number of nitrogens with zero attached hydrogens (tertiary/aromatic N) is 1. The first-order valence-corrected chi connectivity index (χ1v) is 7.60. The van der Waals surface area contributed by atoms with Gasteiger partial charge in [-0.15, -0.1) is 11.3 Å². The minimum absolute atomic E-state index is 0.277. The van der Waals surface area contributed by atoms with Gasteiger partial charge in [-0.05, 0) is 26.2 Å². The smallest absolute Gasteiger partial charge is 0.330 e. The molecule has 4 nitrogen and oxygen atoms in total. The molecular formula is C13H16F4N2O2S. The second-order valence-electron chi connectivity index (χ2n) is 5.11. The Morgan fingerprint density at radius 2 is 2.27 bits per heavy atom. The van der Waals surface area contributed by atoms with Crippen LogP contribution >= 0.6 is 11.3 Å². The summed E-state index contributed by atoms with van der Waals surface area (Å²) < 4.78 is 53.6. The van der Waals surface area contributed by atoms with Crippen molar-refractivity contribution in [1.82, 2.24) is 10.3 Å². The Morgan fingerprint density at radius 3 is 2.95 bits per heavy atom. The van der Waals surface area contributed by atoms with E-state index in [0.29, 0.717) is 6.42 Å². The van der Waals surface area contributed by atoms with E-state index in [-0.39, 0.29) is 6.04 Å². The third kappa shape index (κ3) is 4.16. The molecular weight excluding hydrogens is 324 g/mol. The first-order chi connectivity index (χ1) is 10.3. The monoisotopic (exact) mass is 340 g/mol. The Bertz CT molecular complexity index is 536. The van der Waals surface area contributed by atoms with Gasteiger partial charge in [-0.1, -0.05) is 0 Å². The SMILES string of the molecule is Cc1nc2c(s1)CCC[C@H]2NC(=O)COCC(F)(F)C(F)F. The lowest BCUT2D eigenvalue weighted by atomic mass is 9.97. The van der Waals surface area contributed by atoms with Crippen LogP contribution in [0.2, 0.25) is 0 Å². The minimum Gasteiger partial charge on any atom is -0.365 e. The number of hydrogen-bond acceptors (Lipinski definition) is 4. The summed E-state index contributed by atoms with van der Waals surface area (Å²) in [5, 5.41) is 3.55. The number of thiazole rings is 1. The van der Waals surface area contributed by atoms with Crippen molar-refractivity contribution in [1.29, 1.82) is 0 Å². The van der Waals surface area contributed by atoms with Crippen LogP contribution in [0, 0.1) is 6.92 Å². The lowest BCUT2D eigenvalue weighted by molar-refractivity contribution is -0.168. The van der Waals surface area contributed by atoms with E-state index in [9.17, 15) is 22.4 Å². The number of nitrogens with one attached hydrogen (secondary N) is 1. The number of fused-ring (bicyclic) bond motifs is 1. The van der Waals surface area contributed by atoms with Crippen LogP contribution in [0.15, 0.2) is 0 Å². The van der Waals surface area contributed by atoms with Gasteiger partial charge in [0.05, 0.1) is 16.7 Å². The van der Waals surface area contributed by atoms with Gasteiger partial charge in [-0.3, -0.25) is 4.79 Å². The average Bonchev–Trinajstić information content (AvgIpc) is 2.79. The molecule has 0 radical (unpaired) electrons. The zero-order valence-electron chi connectivity index (χ0n) is 11.9. The van der Waals surface area contributed by atoms with Crippen molar-refractivity contribution >= 4 is 17.2 Å². The fourth-order valence-corrected chi connectivity index (χ4v) is 3.30. The summed E-state index contributed by atoms with van der Waals surface area (Å²) in [5.41, 5.74) is 0.806. The van der Waals surface area contributed by atoms with Crippen molar-refractivity contribution in [3.63, 3.8) is 0 Å². The molecule has 1 atom stereocenters. The summed E-state index contributed by atoms with van der Waals surface area (Å²) in [4.78, 5) is 17.2. The number of aryl methyl sites for hydroxylation is 2. The molecule has 0 bridgehead atoms. The predicted molar refractivity (Wildman–Crippen MR) is 72.4 cm³/mol. The largest absolute Gasteiger partial charge is 0.365 e. The fourth-order valence-electron chi connectivity index (χ4n) is 2.26. The van der Waals surface area contributed by atoms with E-state index >= 15 is 0 Å². The Kier molecular flexibility index (Phi) is 5.38. The number of alkyl halides is 4. The second-order valence-corrected chi connectivity index (χ2v) is 6.40. The molecule has 0 spiro atoms. The normalized spacial score (nSPS) is 18.4. The van der Waals surface area contributed by atoms with E-state index in [1.54, 1.807) is 11.3 Å². The van der Waals surface area contributed by atoms with Crippen LogP contribution in [0.4, 0.5) is 17.6 Å². The van der Waals surface area contributed by atoms with Crippen LogP contribution < -0.4 is 5.32 Å². The zero-order chi connectivity index (χ0) is 16.3. The van der Waals surface area contributed by atoms with Gasteiger partial charge in [0.1, 0.15) is 13.2 Å². The number of aromatic nitrogens is 1. The molecule has 0 unspecified atom stereocenters. The van der Waals surface area contributed by atoms with E-state index in [1.165, 1.54) is 0 Å². The van der Waals surface area contributed by atoms with Crippen molar-refractivity contribution in [3.05, 3.63) is 15.6 Å². The van der Waals surface area contributed by atoms with Crippen molar-refractivity contribution in [2.24, 2.45) is 0 Å². The lowest BCUT2D eigenvalue weighted by Gasteiger charge is -2.22. The lowest BCUT2D eigenvalue weighted by Crippen LogP contribution is -2.37. The number of ether oxygens (including phenoxy) is 1. The first-order valence-electron chi connectivity index (χ1n) is 6.79. The minimum atomic E-state index is -4.25. The summed E-state index contributed by atoms with van der Waals surface area (Å²) in [6, 6.07) is -0.277. The second kappa shape index (κ2) is 6.91. The molecule has 0 saturated carbocycles. The molecule has 22 heavy (non-hydrogen) atoms. The highest BCUT2D eigenvalue weighted by molar-refractivity contribution is 7.11. The van der Waals surface area contributed by atoms with Gasteiger partial charge in [0.2, 0.25) is 5.91 Å². The van der Waals surface area contributed by atoms with Crippen LogP contribution in [0.25, 0.3) is 0 Å². The quantitative estimate of drug-likeness (QED) is 0.810. The topological polar surface area (TPSA) is 51.2 Å². The zero-order valence-corrected chi connectivity index (χ0v) is 12.7. The van der Waals surface area contributed by atoms with Crippen molar-refractivity contribution in [3.8, 4) is 0 Å². The van der Waals surface area contributed by atoms with Gasteiger partial charge < -0.3 is 10.1 Å². The number of carbonyl (C=O) groups excluding carboxylic acids is 1. The van der Waals surface area contributed by atoms with Gasteiger partial charge in [0, 0.05) is 4.88 Å². The van der Waals surface area contributed by atoms with E-state index in [4.69, 9.17) is 0 Å². The molecule has 1 amide bonds. The van der Waals surface area contributed by atoms with E-state index in [1.807, 2.05) is 6.92 Å². The predicted octanol–water partition coefficient (Wildman–Crippen LogP) is 2.86. The van der Waals surface area contributed by atoms with Crippen molar-refractivity contribution in [2.45, 2.75) is 44.6 Å². The van der Waals surface area contributed by atoms with Crippen LogP contribution in [0.3, 0.4) is 0 Å². The van der Waals surface area contributed by atoms with E-state index < -0.39 is 31.5 Å². The van der Waals surface area contributed by atoms with Gasteiger partial charge in [-0.2, -0.15) is 8.78 Å². The number of carbonyl (C=O) groups is 1. The summed E-state index contributed by atoms with van der Waals surface area (Å²) in [6.07, 6.45) is -1.31. The van der Waals surface area contributed by atoms with Crippen molar-refractivity contribution in [2.75, 3.05) is 13.2 Å². The number of hydrogen-bond donors (Lipinski definition) is 1. The number of amides is 1. The molecule has 9 heteroatoms. The molecule has 1 aliphatic rings. The van der Waals surface area contributed by atoms with Gasteiger partial charge in [-0.25, -0.2) is 13.8 Å². The molecule has 1 aromatic heterocycles. The molecule has 1 aromatic rings. The highest BCUT2D eigenvalue weighted by Crippen LogP contribution is 2.32. The molecule has 1 aliphatic carbocycles. The highest BCUT2D eigenvalue weighted by Gasteiger charge is 2.41. The van der Waals surface area contributed by atoms with E-state index in [2.05, 4.69) is 15.0 Å². The summed E-state index contributed by atoms with van der Waals surface area (Å²) in [5.74, 6) is -4.86. The van der Waals surface area contributed by atoms with Crippen LogP contribution in [-0.2, 0) is 16.0 Å². The molecule has 0 aromatic carbocycles. The van der Waals surface area contributed by atoms with Gasteiger partial charge in [0.25, 0.3) is 0 Å². The summed E-state index contributed by atoms with van der Waals surface area (Å²) >= 11 is 1.57. The van der Waals surface area contributed by atoms with E-state index in [0.717, 1.165) is 28.4 Å². The molecule has 0 fully saturated rings. The van der Waals surface area contributed by atoms with Gasteiger partial charge in [0.15, 0.2) is 0 Å². The molecule has 0 saturated heterocycles. The Morgan fingerprint density at radius 1 is 1.55 bits per heavy atom. The van der Waals surface area contributed by atoms with Crippen LogP contribution in [0.5, 0.6) is 0 Å². The average molecular weight is 340 g/mol. The molecule has 2 rings (SSSR count). The third-order valence-corrected chi connectivity index (χ3v) is 4.29. The maximum absolute atomic E-state index is 12.6. The fraction of sp³-hybridized carbons (Fsp3) is 0.692. The third-order valence-electron chi connectivity index (χ3n) is 3.24. The molecule has 1 heterocycles. The maximum atomic E-state index is 12.6. The van der Waals surface area contributed by atoms with Crippen LogP contribution in [-0.4, -0.2) is 36.5 Å². The maximum Gasteiger partial charge on any atom is 0.330 e. The van der Waals surface area contributed by atoms with Crippen molar-refractivity contribution < 1.29 is 27.1 Å². The number of rotatable bonds is 6. The Labute approximate surface area is 128 Å². The number of halogens is 4. The molecule has 124 valence electrons. The first kappa shape index (κ1) is 17.1. The Balaban J connectivity index is 1.83. The molecule has 1 N–H and O–H groups in total. The molecule has 0 aliphatic heterocycles. The summed E-state index contributed by atoms with van der Waals surface area (Å²) in [6.45, 7) is -0.293.